The van der Waals surface area contributed by atoms with Gasteiger partial charge in [0.2, 0.25) is 5.95 Å². The number of aryl methyl sites for hydroxylation is 1. The zero-order valence-electron chi connectivity index (χ0n) is 16.1. The number of imidazole rings is 1. The monoisotopic (exact) mass is 360 g/mol. The van der Waals surface area contributed by atoms with E-state index in [4.69, 9.17) is 4.98 Å². The van der Waals surface area contributed by atoms with Gasteiger partial charge in [-0.3, -0.25) is 0 Å². The molecule has 2 aromatic carbocycles. The minimum absolute atomic E-state index is 0.828. The number of fused-ring (bicyclic) bond motifs is 1. The van der Waals surface area contributed by atoms with Gasteiger partial charge >= 0.3 is 0 Å². The average Bonchev–Trinajstić information content (AvgIpc) is 3.04. The molecule has 0 unspecified atom stereocenters. The third-order valence-electron chi connectivity index (χ3n) is 6.32. The van der Waals surface area contributed by atoms with E-state index in [1.807, 2.05) is 0 Å². The van der Waals surface area contributed by atoms with E-state index < -0.39 is 0 Å². The molecule has 5 rings (SSSR count). The molecule has 2 fully saturated rings. The van der Waals surface area contributed by atoms with Gasteiger partial charge in [-0.05, 0) is 49.4 Å². The zero-order chi connectivity index (χ0) is 18.2. The van der Waals surface area contributed by atoms with Crippen LogP contribution in [0.3, 0.4) is 0 Å². The molecule has 140 valence electrons. The van der Waals surface area contributed by atoms with E-state index in [0.717, 1.165) is 44.2 Å². The molecule has 0 amide bonds. The summed E-state index contributed by atoms with van der Waals surface area (Å²) in [6.07, 6.45) is 4.13. The number of piperazine rings is 1. The van der Waals surface area contributed by atoms with Crippen LogP contribution in [0.5, 0.6) is 0 Å². The molecule has 2 heterocycles. The predicted octanol–water partition coefficient (Wildman–Crippen LogP) is 4.47. The van der Waals surface area contributed by atoms with Crippen molar-refractivity contribution in [1.82, 2.24) is 9.55 Å². The van der Waals surface area contributed by atoms with E-state index in [0.29, 0.717) is 0 Å². The fourth-order valence-electron chi connectivity index (χ4n) is 4.48. The summed E-state index contributed by atoms with van der Waals surface area (Å²) < 4.78 is 2.49. The SMILES string of the molecule is Cc1ccccc1N1CCN(c2nc3ccccc3n2CC2CCC2)CC1. The van der Waals surface area contributed by atoms with Gasteiger partial charge in [-0.1, -0.05) is 36.8 Å². The quantitative estimate of drug-likeness (QED) is 0.686. The number of hydrogen-bond acceptors (Lipinski definition) is 3. The minimum Gasteiger partial charge on any atom is -0.368 e. The van der Waals surface area contributed by atoms with Crippen LogP contribution in [0.15, 0.2) is 48.5 Å². The molecule has 1 saturated carbocycles. The Labute approximate surface area is 161 Å². The molecule has 1 aliphatic carbocycles. The Hall–Kier alpha value is -2.49. The molecule has 27 heavy (non-hydrogen) atoms. The molecular weight excluding hydrogens is 332 g/mol. The summed E-state index contributed by atoms with van der Waals surface area (Å²) in [5, 5.41) is 0. The van der Waals surface area contributed by atoms with Crippen LogP contribution in [0.4, 0.5) is 11.6 Å². The maximum absolute atomic E-state index is 5.03. The van der Waals surface area contributed by atoms with Crippen molar-refractivity contribution in [2.75, 3.05) is 36.0 Å². The molecule has 0 atom stereocenters. The highest BCUT2D eigenvalue weighted by molar-refractivity contribution is 5.79. The molecule has 0 spiro atoms. The van der Waals surface area contributed by atoms with Crippen molar-refractivity contribution in [3.05, 3.63) is 54.1 Å². The van der Waals surface area contributed by atoms with Gasteiger partial charge in [0.05, 0.1) is 11.0 Å². The van der Waals surface area contributed by atoms with E-state index in [1.54, 1.807) is 0 Å². The van der Waals surface area contributed by atoms with E-state index in [9.17, 15) is 0 Å². The van der Waals surface area contributed by atoms with Crippen LogP contribution in [0.25, 0.3) is 11.0 Å². The summed E-state index contributed by atoms with van der Waals surface area (Å²) in [6.45, 7) is 7.49. The number of para-hydroxylation sites is 3. The Morgan fingerprint density at radius 2 is 1.59 bits per heavy atom. The fraction of sp³-hybridized carbons (Fsp3) is 0.435. The van der Waals surface area contributed by atoms with Gasteiger partial charge in [-0.15, -0.1) is 0 Å². The number of anilines is 2. The van der Waals surface area contributed by atoms with Gasteiger partial charge in [0.1, 0.15) is 0 Å². The molecule has 0 N–H and O–H groups in total. The Morgan fingerprint density at radius 1 is 0.889 bits per heavy atom. The lowest BCUT2D eigenvalue weighted by atomic mass is 9.85. The summed E-state index contributed by atoms with van der Waals surface area (Å²) in [4.78, 5) is 10.0. The van der Waals surface area contributed by atoms with Gasteiger partial charge in [0.15, 0.2) is 0 Å². The van der Waals surface area contributed by atoms with Crippen molar-refractivity contribution in [2.45, 2.75) is 32.7 Å². The standard InChI is InChI=1S/C23H28N4/c1-18-7-2-4-11-21(18)25-13-15-26(16-14-25)23-24-20-10-3-5-12-22(20)27(23)17-19-8-6-9-19/h2-5,7,10-12,19H,6,8-9,13-17H2,1H3. The van der Waals surface area contributed by atoms with Crippen LogP contribution in [0.1, 0.15) is 24.8 Å². The van der Waals surface area contributed by atoms with Crippen LogP contribution in [0, 0.1) is 12.8 Å². The third kappa shape index (κ3) is 3.07. The van der Waals surface area contributed by atoms with Gasteiger partial charge < -0.3 is 14.4 Å². The average molecular weight is 361 g/mol. The second-order valence-electron chi connectivity index (χ2n) is 8.07. The first-order valence-electron chi connectivity index (χ1n) is 10.3. The lowest BCUT2D eigenvalue weighted by Crippen LogP contribution is -2.47. The lowest BCUT2D eigenvalue weighted by molar-refractivity contribution is 0.279. The highest BCUT2D eigenvalue weighted by Gasteiger charge is 2.26. The highest BCUT2D eigenvalue weighted by Crippen LogP contribution is 2.32. The van der Waals surface area contributed by atoms with Crippen LogP contribution in [-0.2, 0) is 6.54 Å². The molecule has 0 bridgehead atoms. The normalized spacial score (nSPS) is 18.1. The molecule has 4 heteroatoms. The van der Waals surface area contributed by atoms with Gasteiger partial charge in [0, 0.05) is 38.4 Å². The number of aromatic nitrogens is 2. The van der Waals surface area contributed by atoms with E-state index >= 15 is 0 Å². The smallest absolute Gasteiger partial charge is 0.206 e. The van der Waals surface area contributed by atoms with Crippen molar-refractivity contribution in [3.63, 3.8) is 0 Å². The Bertz CT molecular complexity index is 932. The second kappa shape index (κ2) is 6.91. The number of benzene rings is 2. The van der Waals surface area contributed by atoms with Crippen LogP contribution in [0.2, 0.25) is 0 Å². The van der Waals surface area contributed by atoms with Crippen LogP contribution < -0.4 is 9.80 Å². The number of hydrogen-bond donors (Lipinski definition) is 0. The largest absolute Gasteiger partial charge is 0.368 e. The summed E-state index contributed by atoms with van der Waals surface area (Å²) in [5.74, 6) is 2.00. The lowest BCUT2D eigenvalue weighted by Gasteiger charge is -2.38. The van der Waals surface area contributed by atoms with E-state index in [-0.39, 0.29) is 0 Å². The summed E-state index contributed by atoms with van der Waals surface area (Å²) in [7, 11) is 0. The first-order chi connectivity index (χ1) is 13.3. The van der Waals surface area contributed by atoms with Crippen molar-refractivity contribution in [3.8, 4) is 0 Å². The summed E-state index contributed by atoms with van der Waals surface area (Å²) in [5.41, 5.74) is 5.16. The number of rotatable bonds is 4. The van der Waals surface area contributed by atoms with Crippen molar-refractivity contribution in [1.29, 1.82) is 0 Å². The first-order valence-corrected chi connectivity index (χ1v) is 10.3. The van der Waals surface area contributed by atoms with Crippen LogP contribution >= 0.6 is 0 Å². The first kappa shape index (κ1) is 16.7. The van der Waals surface area contributed by atoms with Crippen molar-refractivity contribution in [2.24, 2.45) is 5.92 Å². The zero-order valence-corrected chi connectivity index (χ0v) is 16.1. The van der Waals surface area contributed by atoms with Crippen molar-refractivity contribution < 1.29 is 0 Å². The van der Waals surface area contributed by atoms with Gasteiger partial charge in [0.25, 0.3) is 0 Å². The molecule has 4 nitrogen and oxygen atoms in total. The van der Waals surface area contributed by atoms with E-state index in [1.165, 1.54) is 42.0 Å². The molecular formula is C23H28N4. The highest BCUT2D eigenvalue weighted by atomic mass is 15.4. The molecule has 2 aliphatic rings. The Balaban J connectivity index is 1.39. The predicted molar refractivity (Wildman–Crippen MR) is 113 cm³/mol. The number of nitrogens with zero attached hydrogens (tertiary/aromatic N) is 4. The Morgan fingerprint density at radius 3 is 2.33 bits per heavy atom. The fourth-order valence-corrected chi connectivity index (χ4v) is 4.48. The van der Waals surface area contributed by atoms with Crippen LogP contribution in [-0.4, -0.2) is 35.7 Å². The molecule has 1 saturated heterocycles. The second-order valence-corrected chi connectivity index (χ2v) is 8.07. The van der Waals surface area contributed by atoms with E-state index in [2.05, 4.69) is 69.8 Å². The minimum atomic E-state index is 0.828. The molecule has 0 radical (unpaired) electrons. The van der Waals surface area contributed by atoms with Gasteiger partial charge in [-0.25, -0.2) is 4.98 Å². The molecule has 1 aliphatic heterocycles. The maximum atomic E-state index is 5.03. The van der Waals surface area contributed by atoms with Crippen molar-refractivity contribution >= 4 is 22.7 Å². The molecule has 3 aromatic rings. The maximum Gasteiger partial charge on any atom is 0.206 e. The topological polar surface area (TPSA) is 24.3 Å². The summed E-state index contributed by atoms with van der Waals surface area (Å²) >= 11 is 0. The molecule has 1 aromatic heterocycles. The Kier molecular flexibility index (Phi) is 4.27. The summed E-state index contributed by atoms with van der Waals surface area (Å²) in [6, 6.07) is 17.3. The third-order valence-corrected chi connectivity index (χ3v) is 6.32. The van der Waals surface area contributed by atoms with Gasteiger partial charge in [-0.2, -0.15) is 0 Å².